The van der Waals surface area contributed by atoms with Gasteiger partial charge in [-0.1, -0.05) is 45.9 Å². The van der Waals surface area contributed by atoms with Crippen molar-refractivity contribution in [3.63, 3.8) is 0 Å². The molecule has 9 heteroatoms. The van der Waals surface area contributed by atoms with Gasteiger partial charge in [-0.3, -0.25) is 0 Å². The van der Waals surface area contributed by atoms with Gasteiger partial charge in [0.2, 0.25) is 0 Å². The van der Waals surface area contributed by atoms with Crippen molar-refractivity contribution < 1.29 is 4.39 Å². The lowest BCUT2D eigenvalue weighted by Gasteiger charge is -2.12. The lowest BCUT2D eigenvalue weighted by Crippen LogP contribution is -2.08. The minimum atomic E-state index is -0.368. The fourth-order valence-corrected chi connectivity index (χ4v) is 3.92. The van der Waals surface area contributed by atoms with E-state index < -0.39 is 0 Å². The van der Waals surface area contributed by atoms with Crippen molar-refractivity contribution >= 4 is 61.8 Å². The van der Waals surface area contributed by atoms with E-state index in [0.29, 0.717) is 23.2 Å². The highest BCUT2D eigenvalue weighted by atomic mass is 79.9. The first-order valence-corrected chi connectivity index (χ1v) is 11.2. The summed E-state index contributed by atoms with van der Waals surface area (Å²) in [5.74, 6) is 0.388. The highest BCUT2D eigenvalue weighted by molar-refractivity contribution is 9.10. The minimum Gasteiger partial charge on any atom is -0.339 e. The van der Waals surface area contributed by atoms with E-state index in [1.807, 2.05) is 30.5 Å². The van der Waals surface area contributed by atoms with Gasteiger partial charge in [-0.15, -0.1) is 11.6 Å². The number of nitrogens with one attached hydrogen (secondary N) is 1. The lowest BCUT2D eigenvalue weighted by atomic mass is 10.1. The second-order valence-electron chi connectivity index (χ2n) is 6.28. The molecule has 4 rings (SSSR count). The van der Waals surface area contributed by atoms with Crippen LogP contribution in [0.4, 0.5) is 15.9 Å². The number of aromatic nitrogens is 4. The van der Waals surface area contributed by atoms with Crippen LogP contribution in [-0.4, -0.2) is 26.0 Å². The molecule has 5 nitrogen and oxygen atoms in total. The van der Waals surface area contributed by atoms with Gasteiger partial charge >= 0.3 is 0 Å². The molecule has 0 saturated carbocycles. The second kappa shape index (κ2) is 8.69. The van der Waals surface area contributed by atoms with E-state index in [-0.39, 0.29) is 11.2 Å². The van der Waals surface area contributed by atoms with Gasteiger partial charge in [0.05, 0.1) is 23.5 Å². The number of benzene rings is 2. The molecule has 1 N–H and O–H groups in total. The predicted octanol–water partition coefficient (Wildman–Crippen LogP) is 6.17. The van der Waals surface area contributed by atoms with Crippen LogP contribution >= 0.6 is 39.3 Å². The van der Waals surface area contributed by atoms with E-state index in [0.717, 1.165) is 21.1 Å². The Bertz CT molecular complexity index is 1150. The Hall–Kier alpha value is -2.16. The number of hydrogen-bond acceptors (Lipinski definition) is 5. The van der Waals surface area contributed by atoms with Crippen LogP contribution in [-0.2, 0) is 6.54 Å². The van der Waals surface area contributed by atoms with Crippen LogP contribution in [0.1, 0.15) is 10.9 Å². The summed E-state index contributed by atoms with van der Waals surface area (Å²) in [7, 11) is 0. The maximum atomic E-state index is 13.2. The van der Waals surface area contributed by atoms with Gasteiger partial charge in [0.25, 0.3) is 0 Å². The van der Waals surface area contributed by atoms with Crippen molar-refractivity contribution in [2.75, 3.05) is 11.6 Å². The van der Waals surface area contributed by atoms with Gasteiger partial charge in [0, 0.05) is 10.2 Å². The zero-order valence-corrected chi connectivity index (χ0v) is 18.5. The number of thioether (sulfide) groups is 1. The van der Waals surface area contributed by atoms with Crippen LogP contribution < -0.4 is 5.32 Å². The SMILES string of the molecule is CSc1nc(Nc2cccc(Br)c2)c2cnn(CC(Cl)c3ccc(F)cc3)c2n1. The van der Waals surface area contributed by atoms with E-state index in [1.165, 1.54) is 23.9 Å². The molecule has 0 radical (unpaired) electrons. The number of alkyl halides is 1. The summed E-state index contributed by atoms with van der Waals surface area (Å²) in [6.45, 7) is 0.401. The third-order valence-corrected chi connectivity index (χ3v) is 5.74. The average molecular weight is 493 g/mol. The fraction of sp³-hybridized carbons (Fsp3) is 0.150. The van der Waals surface area contributed by atoms with Crippen molar-refractivity contribution in [3.8, 4) is 0 Å². The van der Waals surface area contributed by atoms with E-state index in [2.05, 4.69) is 36.3 Å². The van der Waals surface area contributed by atoms with E-state index in [9.17, 15) is 4.39 Å². The maximum Gasteiger partial charge on any atom is 0.191 e. The summed E-state index contributed by atoms with van der Waals surface area (Å²) in [5.41, 5.74) is 2.42. The van der Waals surface area contributed by atoms with Crippen molar-refractivity contribution in [3.05, 3.63) is 70.6 Å². The minimum absolute atomic E-state index is 0.289. The first-order valence-electron chi connectivity index (χ1n) is 8.73. The van der Waals surface area contributed by atoms with Crippen LogP contribution in [0.3, 0.4) is 0 Å². The Morgan fingerprint density at radius 3 is 2.72 bits per heavy atom. The average Bonchev–Trinajstić information content (AvgIpc) is 3.11. The maximum absolute atomic E-state index is 13.2. The summed E-state index contributed by atoms with van der Waals surface area (Å²) < 4.78 is 15.9. The number of fused-ring (bicyclic) bond motifs is 1. The smallest absolute Gasteiger partial charge is 0.191 e. The monoisotopic (exact) mass is 491 g/mol. The van der Waals surface area contributed by atoms with Crippen molar-refractivity contribution in [2.45, 2.75) is 17.1 Å². The summed E-state index contributed by atoms with van der Waals surface area (Å²) in [6.07, 6.45) is 3.65. The van der Waals surface area contributed by atoms with Crippen molar-refractivity contribution in [2.24, 2.45) is 0 Å². The van der Waals surface area contributed by atoms with Crippen LogP contribution in [0, 0.1) is 5.82 Å². The van der Waals surface area contributed by atoms with E-state index in [1.54, 1.807) is 23.0 Å². The van der Waals surface area contributed by atoms with Gasteiger partial charge in [-0.2, -0.15) is 5.10 Å². The molecule has 29 heavy (non-hydrogen) atoms. The van der Waals surface area contributed by atoms with Crippen molar-refractivity contribution in [1.82, 2.24) is 19.7 Å². The molecule has 0 amide bonds. The molecular weight excluding hydrogens is 477 g/mol. The number of anilines is 2. The molecule has 0 spiro atoms. The molecule has 2 heterocycles. The molecule has 0 aliphatic heterocycles. The summed E-state index contributed by atoms with van der Waals surface area (Å²) in [5, 5.41) is 8.87. The molecule has 0 fully saturated rings. The molecular formula is C20H16BrClFN5S. The van der Waals surface area contributed by atoms with Crippen LogP contribution in [0.15, 0.2) is 64.4 Å². The third kappa shape index (κ3) is 4.55. The van der Waals surface area contributed by atoms with Gasteiger partial charge < -0.3 is 5.32 Å². The van der Waals surface area contributed by atoms with Crippen molar-refractivity contribution in [1.29, 1.82) is 0 Å². The third-order valence-electron chi connectivity index (χ3n) is 4.31. The summed E-state index contributed by atoms with van der Waals surface area (Å²) in [6, 6.07) is 14.0. The van der Waals surface area contributed by atoms with Gasteiger partial charge in [-0.25, -0.2) is 19.0 Å². The molecule has 4 aromatic rings. The van der Waals surface area contributed by atoms with Crippen LogP contribution in [0.5, 0.6) is 0 Å². The quantitative estimate of drug-likeness (QED) is 0.198. The molecule has 1 unspecified atom stereocenters. The van der Waals surface area contributed by atoms with Gasteiger partial charge in [0.15, 0.2) is 10.8 Å². The van der Waals surface area contributed by atoms with E-state index in [4.69, 9.17) is 11.6 Å². The molecule has 1 atom stereocenters. The molecule has 0 bridgehead atoms. The Morgan fingerprint density at radius 1 is 1.21 bits per heavy atom. The fourth-order valence-electron chi connectivity index (χ4n) is 2.89. The van der Waals surface area contributed by atoms with Gasteiger partial charge in [0.1, 0.15) is 11.6 Å². The molecule has 0 saturated heterocycles. The number of halogens is 3. The zero-order chi connectivity index (χ0) is 20.4. The normalized spacial score (nSPS) is 12.3. The number of hydrogen-bond donors (Lipinski definition) is 1. The Balaban J connectivity index is 1.68. The topological polar surface area (TPSA) is 55.6 Å². The largest absolute Gasteiger partial charge is 0.339 e. The molecule has 2 aromatic carbocycles. The first-order chi connectivity index (χ1) is 14.0. The first kappa shape index (κ1) is 20.1. The molecule has 2 aromatic heterocycles. The molecule has 148 valence electrons. The molecule has 0 aliphatic carbocycles. The van der Waals surface area contributed by atoms with Crippen LogP contribution in [0.2, 0.25) is 0 Å². The molecule has 0 aliphatic rings. The lowest BCUT2D eigenvalue weighted by molar-refractivity contribution is 0.608. The summed E-state index contributed by atoms with van der Waals surface area (Å²) >= 11 is 11.5. The van der Waals surface area contributed by atoms with E-state index >= 15 is 0 Å². The second-order valence-corrected chi connectivity index (χ2v) is 8.49. The summed E-state index contributed by atoms with van der Waals surface area (Å²) in [4.78, 5) is 9.22. The zero-order valence-electron chi connectivity index (χ0n) is 15.3. The van der Waals surface area contributed by atoms with Gasteiger partial charge in [-0.05, 0) is 42.2 Å². The number of nitrogens with zero attached hydrogens (tertiary/aromatic N) is 4. The Labute approximate surface area is 184 Å². The highest BCUT2D eigenvalue weighted by Crippen LogP contribution is 2.29. The predicted molar refractivity (Wildman–Crippen MR) is 120 cm³/mol. The number of rotatable bonds is 6. The Kier molecular flexibility index (Phi) is 6.03. The standard InChI is InChI=1S/C20H16BrClFN5S/c1-29-20-26-18(25-15-4-2-3-13(21)9-15)16-10-24-28(19(16)27-20)11-17(22)12-5-7-14(23)8-6-12/h2-10,17H,11H2,1H3,(H,25,26,27). The highest BCUT2D eigenvalue weighted by Gasteiger charge is 2.16. The van der Waals surface area contributed by atoms with Crippen LogP contribution in [0.25, 0.3) is 11.0 Å². The Morgan fingerprint density at radius 2 is 2.00 bits per heavy atom.